The maximum atomic E-state index is 14.3. The Bertz CT molecular complexity index is 1860. The van der Waals surface area contributed by atoms with Crippen LogP contribution >= 0.6 is 22.9 Å². The molecule has 3 heterocycles. The SMILES string of the molecule is O=C1Cc2c(C(=O)NCc3ccc(C(F)(F)F)nc3)sc(NC(=O)c3cc(F)cc(C(F)(F)F)c3)c2C(c2cc(F)ccc2Cl)N1. The fraction of sp³-hybridized carbons (Fsp3) is 0.172. The number of anilines is 1. The lowest BCUT2D eigenvalue weighted by Crippen LogP contribution is -2.37. The van der Waals surface area contributed by atoms with Gasteiger partial charge in [0.25, 0.3) is 11.8 Å². The maximum Gasteiger partial charge on any atom is 0.433 e. The highest BCUT2D eigenvalue weighted by Crippen LogP contribution is 2.44. The van der Waals surface area contributed by atoms with E-state index < -0.39 is 71.0 Å². The molecule has 46 heavy (non-hydrogen) atoms. The van der Waals surface area contributed by atoms with Crippen LogP contribution in [-0.4, -0.2) is 22.7 Å². The Morgan fingerprint density at radius 2 is 1.70 bits per heavy atom. The lowest BCUT2D eigenvalue weighted by molar-refractivity contribution is -0.141. The average Bonchev–Trinajstić information content (AvgIpc) is 3.33. The monoisotopic (exact) mass is 688 g/mol. The quantitative estimate of drug-likeness (QED) is 0.189. The largest absolute Gasteiger partial charge is 0.433 e. The Morgan fingerprint density at radius 3 is 2.35 bits per heavy atom. The first-order chi connectivity index (χ1) is 21.5. The van der Waals surface area contributed by atoms with Gasteiger partial charge in [0.15, 0.2) is 0 Å². The second-order valence-corrected chi connectivity index (χ2v) is 11.3. The second kappa shape index (κ2) is 12.3. The summed E-state index contributed by atoms with van der Waals surface area (Å²) in [4.78, 5) is 42.5. The minimum Gasteiger partial charge on any atom is -0.347 e. The minimum absolute atomic E-state index is 0.0104. The van der Waals surface area contributed by atoms with E-state index in [-0.39, 0.29) is 49.8 Å². The zero-order chi connectivity index (χ0) is 33.6. The molecule has 0 saturated heterocycles. The van der Waals surface area contributed by atoms with Crippen LogP contribution in [-0.2, 0) is 30.1 Å². The fourth-order valence-corrected chi connectivity index (χ4v) is 6.06. The van der Waals surface area contributed by atoms with Crippen molar-refractivity contribution in [1.82, 2.24) is 15.6 Å². The topological polar surface area (TPSA) is 100 Å². The normalized spacial score (nSPS) is 14.8. The third kappa shape index (κ3) is 6.97. The summed E-state index contributed by atoms with van der Waals surface area (Å²) in [6, 6.07) is 5.02. The van der Waals surface area contributed by atoms with Gasteiger partial charge >= 0.3 is 12.4 Å². The van der Waals surface area contributed by atoms with Gasteiger partial charge in [-0.1, -0.05) is 17.7 Å². The van der Waals surface area contributed by atoms with E-state index in [4.69, 9.17) is 11.6 Å². The van der Waals surface area contributed by atoms with E-state index in [0.717, 1.165) is 30.5 Å². The molecule has 0 radical (unpaired) electrons. The van der Waals surface area contributed by atoms with Crippen molar-refractivity contribution in [2.24, 2.45) is 0 Å². The second-order valence-electron chi connectivity index (χ2n) is 9.91. The van der Waals surface area contributed by atoms with E-state index in [0.29, 0.717) is 23.5 Å². The van der Waals surface area contributed by atoms with Crippen molar-refractivity contribution in [3.05, 3.63) is 115 Å². The van der Waals surface area contributed by atoms with E-state index >= 15 is 0 Å². The summed E-state index contributed by atoms with van der Waals surface area (Å²) in [6.45, 7) is -0.298. The van der Waals surface area contributed by atoms with Gasteiger partial charge in [-0.15, -0.1) is 11.3 Å². The van der Waals surface area contributed by atoms with Gasteiger partial charge in [0.1, 0.15) is 22.3 Å². The Morgan fingerprint density at radius 1 is 0.957 bits per heavy atom. The number of fused-ring (bicyclic) bond motifs is 1. The molecule has 0 saturated carbocycles. The zero-order valence-corrected chi connectivity index (χ0v) is 24.2. The molecule has 1 aliphatic rings. The lowest BCUT2D eigenvalue weighted by atomic mass is 9.90. The first-order valence-corrected chi connectivity index (χ1v) is 14.1. The predicted octanol–water partition coefficient (Wildman–Crippen LogP) is 7.06. The van der Waals surface area contributed by atoms with Crippen LogP contribution in [0.5, 0.6) is 0 Å². The smallest absolute Gasteiger partial charge is 0.347 e. The van der Waals surface area contributed by atoms with Crippen LogP contribution in [0, 0.1) is 11.6 Å². The molecule has 1 aliphatic heterocycles. The first-order valence-electron chi connectivity index (χ1n) is 12.9. The number of rotatable bonds is 6. The van der Waals surface area contributed by atoms with E-state index in [1.165, 1.54) is 6.07 Å². The van der Waals surface area contributed by atoms with Crippen LogP contribution in [0.3, 0.4) is 0 Å². The molecular formula is C29H17ClF8N4O3S. The van der Waals surface area contributed by atoms with Gasteiger partial charge in [-0.05, 0) is 53.6 Å². The average molecular weight is 689 g/mol. The molecule has 3 N–H and O–H groups in total. The number of hydrogen-bond donors (Lipinski definition) is 3. The van der Waals surface area contributed by atoms with Crippen LogP contribution in [0.25, 0.3) is 0 Å². The molecule has 5 rings (SSSR count). The van der Waals surface area contributed by atoms with Gasteiger partial charge in [-0.25, -0.2) is 8.78 Å². The van der Waals surface area contributed by atoms with Crippen molar-refractivity contribution in [2.45, 2.75) is 31.4 Å². The van der Waals surface area contributed by atoms with Crippen molar-refractivity contribution in [1.29, 1.82) is 0 Å². The number of carbonyl (C=O) groups excluding carboxylic acids is 3. The summed E-state index contributed by atoms with van der Waals surface area (Å²) in [5.74, 6) is -4.75. The van der Waals surface area contributed by atoms with E-state index in [2.05, 4.69) is 20.9 Å². The molecule has 240 valence electrons. The van der Waals surface area contributed by atoms with E-state index in [1.807, 2.05) is 0 Å². The van der Waals surface area contributed by atoms with Crippen LogP contribution in [0.1, 0.15) is 59.6 Å². The zero-order valence-electron chi connectivity index (χ0n) is 22.7. The van der Waals surface area contributed by atoms with Gasteiger partial charge in [0.2, 0.25) is 5.91 Å². The molecule has 7 nitrogen and oxygen atoms in total. The lowest BCUT2D eigenvalue weighted by Gasteiger charge is -2.27. The molecule has 1 unspecified atom stereocenters. The molecule has 17 heteroatoms. The number of halogens is 9. The van der Waals surface area contributed by atoms with Gasteiger partial charge in [-0.2, -0.15) is 26.3 Å². The van der Waals surface area contributed by atoms with Crippen LogP contribution < -0.4 is 16.0 Å². The number of pyridine rings is 1. The third-order valence-corrected chi connectivity index (χ3v) is 8.24. The van der Waals surface area contributed by atoms with Crippen molar-refractivity contribution >= 4 is 45.7 Å². The van der Waals surface area contributed by atoms with Crippen LogP contribution in [0.15, 0.2) is 54.7 Å². The third-order valence-electron chi connectivity index (χ3n) is 6.74. The number of alkyl halides is 6. The van der Waals surface area contributed by atoms with Crippen LogP contribution in [0.4, 0.5) is 40.1 Å². The Kier molecular flexibility index (Phi) is 8.79. The Hall–Kier alpha value is -4.57. The number of benzene rings is 2. The highest BCUT2D eigenvalue weighted by atomic mass is 35.5. The molecular weight excluding hydrogens is 672 g/mol. The number of aromatic nitrogens is 1. The minimum atomic E-state index is -4.98. The first kappa shape index (κ1) is 32.8. The molecule has 0 aliphatic carbocycles. The summed E-state index contributed by atoms with van der Waals surface area (Å²) in [5, 5.41) is 7.30. The molecule has 1 atom stereocenters. The van der Waals surface area contributed by atoms with E-state index in [1.54, 1.807) is 0 Å². The van der Waals surface area contributed by atoms with Crippen molar-refractivity contribution in [2.75, 3.05) is 5.32 Å². The van der Waals surface area contributed by atoms with Gasteiger partial charge < -0.3 is 16.0 Å². The van der Waals surface area contributed by atoms with Crippen molar-refractivity contribution in [3.63, 3.8) is 0 Å². The number of nitrogens with zero attached hydrogens (tertiary/aromatic N) is 1. The Balaban J connectivity index is 1.54. The van der Waals surface area contributed by atoms with E-state index in [9.17, 15) is 49.5 Å². The van der Waals surface area contributed by atoms with Gasteiger partial charge in [0.05, 0.1) is 22.9 Å². The fourth-order valence-electron chi connectivity index (χ4n) is 4.67. The summed E-state index contributed by atoms with van der Waals surface area (Å²) in [6.07, 6.45) is -9.17. The summed E-state index contributed by atoms with van der Waals surface area (Å²) in [7, 11) is 0. The number of nitrogens with one attached hydrogen (secondary N) is 3. The van der Waals surface area contributed by atoms with Gasteiger partial charge in [0, 0.05) is 34.5 Å². The standard InChI is InChI=1S/C29H17ClF8N4O3S/c30-19-3-2-15(31)8-17(19)23-22-18(9-21(43)41-23)24(26(45)40-11-12-1-4-20(39-10-12)29(36,37)38)46-27(22)42-25(44)13-5-14(28(33,34)35)7-16(32)6-13/h1-8,10,23H,9,11H2,(H,40,45)(H,41,43)(H,42,44). The molecule has 2 aromatic carbocycles. The predicted molar refractivity (Wildman–Crippen MR) is 149 cm³/mol. The molecule has 3 amide bonds. The number of amides is 3. The Labute approximate surface area is 262 Å². The number of carbonyl (C=O) groups is 3. The molecule has 0 bridgehead atoms. The summed E-state index contributed by atoms with van der Waals surface area (Å²) >= 11 is 6.91. The van der Waals surface area contributed by atoms with Crippen LogP contribution in [0.2, 0.25) is 5.02 Å². The summed E-state index contributed by atoms with van der Waals surface area (Å²) in [5.41, 5.74) is -2.95. The molecule has 4 aromatic rings. The number of hydrogen-bond acceptors (Lipinski definition) is 5. The molecule has 0 spiro atoms. The van der Waals surface area contributed by atoms with Crippen molar-refractivity contribution < 1.29 is 49.5 Å². The number of thiophene rings is 1. The molecule has 0 fully saturated rings. The van der Waals surface area contributed by atoms with Gasteiger partial charge in [-0.3, -0.25) is 19.4 Å². The maximum absolute atomic E-state index is 14.3. The summed E-state index contributed by atoms with van der Waals surface area (Å²) < 4.78 is 107. The molecule has 2 aromatic heterocycles. The van der Waals surface area contributed by atoms with Crippen molar-refractivity contribution in [3.8, 4) is 0 Å². The highest BCUT2D eigenvalue weighted by Gasteiger charge is 2.37. The highest BCUT2D eigenvalue weighted by molar-refractivity contribution is 7.18.